The molecule has 6 nitrogen and oxygen atoms in total. The average molecular weight is 419 g/mol. The molecule has 3 aromatic heterocycles. The zero-order valence-corrected chi connectivity index (χ0v) is 17.9. The molecule has 0 unspecified atom stereocenters. The van der Waals surface area contributed by atoms with Crippen molar-refractivity contribution in [1.29, 1.82) is 0 Å². The van der Waals surface area contributed by atoms with E-state index in [4.69, 9.17) is 0 Å². The van der Waals surface area contributed by atoms with E-state index in [0.29, 0.717) is 11.7 Å². The molecule has 0 aliphatic heterocycles. The number of tetrazole rings is 1. The lowest BCUT2D eigenvalue weighted by Crippen LogP contribution is -1.93. The van der Waals surface area contributed by atoms with E-state index in [9.17, 15) is 0 Å². The first kappa shape index (κ1) is 19.8. The maximum Gasteiger partial charge on any atom is 0.205 e. The molecule has 0 aliphatic carbocycles. The molecule has 0 saturated heterocycles. The minimum atomic E-state index is 0.428. The first-order chi connectivity index (χ1) is 15.7. The molecular weight excluding hydrogens is 396 g/mol. The maximum atomic E-state index is 4.68. The fourth-order valence-electron chi connectivity index (χ4n) is 3.81. The van der Waals surface area contributed by atoms with Gasteiger partial charge >= 0.3 is 0 Å². The van der Waals surface area contributed by atoms with Crippen LogP contribution in [0, 0.1) is 0 Å². The standard InChI is InChI=1S/C26H22N6/c1-17(2)22-14-20-8-5-11-28-25(20)23(15-22)19-7-3-6-18(12-19)13-24(26-29-31-32-30-26)21-9-4-10-27-16-21/h3-17H,1-2H3,(H,29,30,31,32). The number of rotatable bonds is 5. The van der Waals surface area contributed by atoms with Gasteiger partial charge in [0.05, 0.1) is 5.52 Å². The number of nitrogens with zero attached hydrogens (tertiary/aromatic N) is 5. The van der Waals surface area contributed by atoms with Gasteiger partial charge in [-0.3, -0.25) is 9.97 Å². The molecule has 5 rings (SSSR count). The van der Waals surface area contributed by atoms with Gasteiger partial charge in [-0.2, -0.15) is 5.21 Å². The quantitative estimate of drug-likeness (QED) is 0.406. The van der Waals surface area contributed by atoms with Crippen LogP contribution in [0.15, 0.2) is 79.3 Å². The minimum absolute atomic E-state index is 0.428. The van der Waals surface area contributed by atoms with Gasteiger partial charge in [-0.15, -0.1) is 10.2 Å². The highest BCUT2D eigenvalue weighted by atomic mass is 15.5. The second-order valence-electron chi connectivity index (χ2n) is 7.96. The van der Waals surface area contributed by atoms with Gasteiger partial charge < -0.3 is 0 Å². The molecule has 0 saturated carbocycles. The van der Waals surface area contributed by atoms with E-state index >= 15 is 0 Å². The van der Waals surface area contributed by atoms with E-state index in [1.54, 1.807) is 12.4 Å². The zero-order chi connectivity index (χ0) is 21.9. The Kier molecular flexibility index (Phi) is 5.25. The van der Waals surface area contributed by atoms with Crippen LogP contribution in [0.3, 0.4) is 0 Å². The number of nitrogens with one attached hydrogen (secondary N) is 1. The van der Waals surface area contributed by atoms with Crippen LogP contribution in [-0.2, 0) is 0 Å². The van der Waals surface area contributed by atoms with E-state index in [0.717, 1.165) is 38.7 Å². The van der Waals surface area contributed by atoms with Crippen molar-refractivity contribution in [2.45, 2.75) is 19.8 Å². The minimum Gasteiger partial charge on any atom is -0.264 e. The Morgan fingerprint density at radius 2 is 1.88 bits per heavy atom. The summed E-state index contributed by atoms with van der Waals surface area (Å²) in [7, 11) is 0. The second-order valence-corrected chi connectivity index (χ2v) is 7.96. The second kappa shape index (κ2) is 8.51. The molecular formula is C26H22N6. The van der Waals surface area contributed by atoms with Crippen molar-refractivity contribution in [3.63, 3.8) is 0 Å². The molecule has 6 heteroatoms. The summed E-state index contributed by atoms with van der Waals surface area (Å²) in [6.45, 7) is 4.43. The lowest BCUT2D eigenvalue weighted by Gasteiger charge is -2.13. The molecule has 0 radical (unpaired) electrons. The third-order valence-corrected chi connectivity index (χ3v) is 5.46. The summed E-state index contributed by atoms with van der Waals surface area (Å²) >= 11 is 0. The lowest BCUT2D eigenvalue weighted by atomic mass is 9.93. The van der Waals surface area contributed by atoms with Crippen LogP contribution in [0.2, 0.25) is 0 Å². The molecule has 0 aliphatic rings. The summed E-state index contributed by atoms with van der Waals surface area (Å²) in [6, 6.07) is 20.9. The molecule has 2 aromatic carbocycles. The monoisotopic (exact) mass is 418 g/mol. The van der Waals surface area contributed by atoms with E-state index in [1.165, 1.54) is 5.56 Å². The number of benzene rings is 2. The normalized spacial score (nSPS) is 11.9. The van der Waals surface area contributed by atoms with E-state index in [2.05, 4.69) is 93.0 Å². The fourth-order valence-corrected chi connectivity index (χ4v) is 3.81. The van der Waals surface area contributed by atoms with Gasteiger partial charge in [0.25, 0.3) is 0 Å². The number of pyridine rings is 2. The predicted octanol–water partition coefficient (Wildman–Crippen LogP) is 5.52. The van der Waals surface area contributed by atoms with Crippen LogP contribution in [0.25, 0.3) is 33.7 Å². The Balaban J connectivity index is 1.66. The summed E-state index contributed by atoms with van der Waals surface area (Å²) in [4.78, 5) is 8.93. The Morgan fingerprint density at radius 3 is 2.66 bits per heavy atom. The molecule has 0 fully saturated rings. The van der Waals surface area contributed by atoms with Gasteiger partial charge in [0.2, 0.25) is 5.82 Å². The smallest absolute Gasteiger partial charge is 0.205 e. The van der Waals surface area contributed by atoms with Crippen molar-refractivity contribution < 1.29 is 0 Å². The summed E-state index contributed by atoms with van der Waals surface area (Å²) in [5, 5.41) is 15.8. The fraction of sp³-hybridized carbons (Fsp3) is 0.115. The molecule has 32 heavy (non-hydrogen) atoms. The van der Waals surface area contributed by atoms with Gasteiger partial charge in [-0.05, 0) is 64.2 Å². The van der Waals surface area contributed by atoms with Crippen molar-refractivity contribution in [3.05, 3.63) is 102 Å². The highest BCUT2D eigenvalue weighted by Crippen LogP contribution is 2.32. The van der Waals surface area contributed by atoms with Gasteiger partial charge in [-0.25, -0.2) is 0 Å². The summed E-state index contributed by atoms with van der Waals surface area (Å²) in [5.74, 6) is 0.953. The van der Waals surface area contributed by atoms with Crippen LogP contribution in [0.4, 0.5) is 0 Å². The maximum absolute atomic E-state index is 4.68. The number of fused-ring (bicyclic) bond motifs is 1. The number of hydrogen-bond acceptors (Lipinski definition) is 5. The van der Waals surface area contributed by atoms with Crippen LogP contribution < -0.4 is 0 Å². The van der Waals surface area contributed by atoms with Crippen molar-refractivity contribution in [3.8, 4) is 11.1 Å². The van der Waals surface area contributed by atoms with Gasteiger partial charge in [0, 0.05) is 40.7 Å². The van der Waals surface area contributed by atoms with Crippen LogP contribution in [0.5, 0.6) is 0 Å². The Labute approximate surface area is 186 Å². The highest BCUT2D eigenvalue weighted by molar-refractivity contribution is 5.95. The number of H-pyrrole nitrogens is 1. The molecule has 3 heterocycles. The average Bonchev–Trinajstić information content (AvgIpc) is 3.37. The molecule has 0 bridgehead atoms. The number of aromatic amines is 1. The van der Waals surface area contributed by atoms with Crippen molar-refractivity contribution in [2.75, 3.05) is 0 Å². The molecule has 5 aromatic rings. The summed E-state index contributed by atoms with van der Waals surface area (Å²) in [6.07, 6.45) is 7.46. The molecule has 156 valence electrons. The predicted molar refractivity (Wildman–Crippen MR) is 127 cm³/mol. The topological polar surface area (TPSA) is 80.2 Å². The van der Waals surface area contributed by atoms with Gasteiger partial charge in [0.1, 0.15) is 0 Å². The molecule has 0 amide bonds. The van der Waals surface area contributed by atoms with Gasteiger partial charge in [0.15, 0.2) is 0 Å². The zero-order valence-electron chi connectivity index (χ0n) is 17.9. The van der Waals surface area contributed by atoms with Crippen LogP contribution >= 0.6 is 0 Å². The Hall–Kier alpha value is -4.19. The van der Waals surface area contributed by atoms with Crippen molar-refractivity contribution >= 4 is 22.6 Å². The van der Waals surface area contributed by atoms with Gasteiger partial charge in [-0.1, -0.05) is 44.2 Å². The summed E-state index contributed by atoms with van der Waals surface area (Å²) < 4.78 is 0. The Bertz CT molecular complexity index is 1390. The first-order valence-corrected chi connectivity index (χ1v) is 10.5. The number of aromatic nitrogens is 6. The van der Waals surface area contributed by atoms with Crippen molar-refractivity contribution in [1.82, 2.24) is 30.6 Å². The van der Waals surface area contributed by atoms with E-state index in [-0.39, 0.29) is 0 Å². The van der Waals surface area contributed by atoms with E-state index in [1.807, 2.05) is 24.4 Å². The molecule has 0 atom stereocenters. The number of hydrogen-bond donors (Lipinski definition) is 1. The third-order valence-electron chi connectivity index (χ3n) is 5.46. The van der Waals surface area contributed by atoms with Crippen LogP contribution in [0.1, 0.15) is 42.3 Å². The Morgan fingerprint density at radius 1 is 0.969 bits per heavy atom. The van der Waals surface area contributed by atoms with Crippen molar-refractivity contribution in [2.24, 2.45) is 0 Å². The SMILES string of the molecule is CC(C)c1cc(-c2cccc(C=C(c3cccnc3)c3nn[nH]n3)c2)c2ncccc2c1. The molecule has 0 spiro atoms. The largest absolute Gasteiger partial charge is 0.264 e. The lowest BCUT2D eigenvalue weighted by molar-refractivity contribution is 0.869. The summed E-state index contributed by atoms with van der Waals surface area (Å²) in [5.41, 5.74) is 7.35. The first-order valence-electron chi connectivity index (χ1n) is 10.5. The molecule has 1 N–H and O–H groups in total. The highest BCUT2D eigenvalue weighted by Gasteiger charge is 2.12. The van der Waals surface area contributed by atoms with E-state index < -0.39 is 0 Å². The van der Waals surface area contributed by atoms with Crippen LogP contribution in [-0.4, -0.2) is 30.6 Å². The third kappa shape index (κ3) is 3.90.